The Morgan fingerprint density at radius 3 is 2.43 bits per heavy atom. The van der Waals surface area contributed by atoms with Crippen molar-refractivity contribution in [3.8, 4) is 0 Å². The number of halogens is 4. The van der Waals surface area contributed by atoms with Crippen molar-refractivity contribution >= 4 is 23.5 Å². The molecule has 1 aliphatic carbocycles. The average molecular weight is 509 g/mol. The number of hydrogen-bond acceptors (Lipinski definition) is 6. The zero-order valence-corrected chi connectivity index (χ0v) is 19.6. The van der Waals surface area contributed by atoms with Crippen LogP contribution in [0.1, 0.15) is 52.4 Å². The number of aliphatic hydroxyl groups excluding tert-OH is 1. The number of hydrogen-bond donors (Lipinski definition) is 3. The minimum atomic E-state index is -5.05. The van der Waals surface area contributed by atoms with E-state index in [0.717, 1.165) is 17.7 Å². The molecule has 3 aliphatic rings. The maximum atomic E-state index is 14.0. The number of amides is 3. The van der Waals surface area contributed by atoms with E-state index in [-0.39, 0.29) is 30.7 Å². The second-order valence-corrected chi connectivity index (χ2v) is 10.4. The number of likely N-dealkylation sites (tertiary alicyclic amines) is 1. The minimum absolute atomic E-state index is 0.175. The van der Waals surface area contributed by atoms with Crippen molar-refractivity contribution in [2.24, 2.45) is 11.3 Å². The first kappa shape index (κ1) is 27.3. The van der Waals surface area contributed by atoms with E-state index in [0.29, 0.717) is 13.0 Å². The summed E-state index contributed by atoms with van der Waals surface area (Å²) >= 11 is 0. The molecule has 0 aromatic rings. The van der Waals surface area contributed by atoms with Crippen LogP contribution in [0.25, 0.3) is 0 Å². The average Bonchev–Trinajstić information content (AvgIpc) is 3.19. The van der Waals surface area contributed by atoms with Gasteiger partial charge in [0.15, 0.2) is 5.78 Å². The molecular formula is C22H31F4N3O6. The van der Waals surface area contributed by atoms with Crippen LogP contribution in [0.5, 0.6) is 0 Å². The number of rotatable bonds is 10. The Hall–Kier alpha value is -2.28. The topological polar surface area (TPSA) is 125 Å². The van der Waals surface area contributed by atoms with Crippen molar-refractivity contribution in [3.63, 3.8) is 0 Å². The predicted molar refractivity (Wildman–Crippen MR) is 112 cm³/mol. The highest BCUT2D eigenvalue weighted by Gasteiger charge is 2.56. The molecule has 1 spiro atoms. The van der Waals surface area contributed by atoms with Crippen LogP contribution in [0.3, 0.4) is 0 Å². The fourth-order valence-electron chi connectivity index (χ4n) is 4.75. The molecule has 35 heavy (non-hydrogen) atoms. The lowest BCUT2D eigenvalue weighted by atomic mass is 9.95. The second kappa shape index (κ2) is 10.00. The maximum Gasteiger partial charge on any atom is 0.522 e. The first-order valence-electron chi connectivity index (χ1n) is 11.6. The molecule has 0 radical (unpaired) electrons. The molecule has 3 fully saturated rings. The van der Waals surface area contributed by atoms with Crippen LogP contribution in [-0.4, -0.2) is 83.4 Å². The summed E-state index contributed by atoms with van der Waals surface area (Å²) in [6.45, 7) is 1.59. The third kappa shape index (κ3) is 7.35. The van der Waals surface area contributed by atoms with E-state index >= 15 is 0 Å². The van der Waals surface area contributed by atoms with Gasteiger partial charge < -0.3 is 20.6 Å². The largest absolute Gasteiger partial charge is 0.522 e. The van der Waals surface area contributed by atoms with Crippen molar-refractivity contribution < 1.29 is 46.6 Å². The summed E-state index contributed by atoms with van der Waals surface area (Å²) in [6, 6.07) is -2.53. The number of Topliss-reactive ketones (excluding diaryl/α,β-unsaturated/α-hetero) is 1. The van der Waals surface area contributed by atoms with Crippen LogP contribution in [0, 0.1) is 11.3 Å². The number of ketones is 1. The fraction of sp³-hybridized carbons (Fsp3) is 0.818. The molecule has 4 atom stereocenters. The zero-order valence-electron chi connectivity index (χ0n) is 19.6. The van der Waals surface area contributed by atoms with E-state index < -0.39 is 66.8 Å². The highest BCUT2D eigenvalue weighted by atomic mass is 19.4. The molecule has 2 saturated heterocycles. The van der Waals surface area contributed by atoms with Crippen molar-refractivity contribution in [1.82, 2.24) is 15.5 Å². The van der Waals surface area contributed by atoms with Crippen molar-refractivity contribution in [2.75, 3.05) is 19.7 Å². The lowest BCUT2D eigenvalue weighted by Gasteiger charge is -2.29. The molecule has 0 aromatic heterocycles. The molecule has 2 aliphatic heterocycles. The first-order valence-corrected chi connectivity index (χ1v) is 11.6. The van der Waals surface area contributed by atoms with Gasteiger partial charge in [0, 0.05) is 25.4 Å². The van der Waals surface area contributed by atoms with Gasteiger partial charge in [0.2, 0.25) is 11.8 Å². The number of carbonyl (C=O) groups is 4. The molecule has 2 unspecified atom stereocenters. The molecule has 2 heterocycles. The van der Waals surface area contributed by atoms with Crippen LogP contribution in [-0.2, 0) is 23.9 Å². The Morgan fingerprint density at radius 2 is 1.91 bits per heavy atom. The maximum absolute atomic E-state index is 14.0. The van der Waals surface area contributed by atoms with E-state index in [9.17, 15) is 41.8 Å². The number of alkyl halides is 4. The Labute approximate surface area is 199 Å². The summed E-state index contributed by atoms with van der Waals surface area (Å²) in [4.78, 5) is 51.7. The van der Waals surface area contributed by atoms with Crippen LogP contribution < -0.4 is 10.6 Å². The van der Waals surface area contributed by atoms with Crippen molar-refractivity contribution in [3.05, 3.63) is 0 Å². The van der Waals surface area contributed by atoms with Gasteiger partial charge >= 0.3 is 6.36 Å². The van der Waals surface area contributed by atoms with Crippen LogP contribution in [0.2, 0.25) is 0 Å². The molecule has 3 amide bonds. The highest BCUT2D eigenvalue weighted by molar-refractivity contribution is 5.95. The summed E-state index contributed by atoms with van der Waals surface area (Å²) < 4.78 is 55.0. The molecule has 9 nitrogen and oxygen atoms in total. The van der Waals surface area contributed by atoms with Crippen LogP contribution in [0.4, 0.5) is 17.6 Å². The smallest absolute Gasteiger partial charge is 0.383 e. The SMILES string of the molecule is CC(C)(F)CC(O)C(=O)N1CC2(CC2)C[C@H]1C(=O)NC(C[C@@H]1CCNC1=O)C(=O)COC(F)(F)F. The van der Waals surface area contributed by atoms with Gasteiger partial charge in [0.1, 0.15) is 24.4 Å². The molecule has 198 valence electrons. The van der Waals surface area contributed by atoms with E-state index in [2.05, 4.69) is 15.4 Å². The van der Waals surface area contributed by atoms with Gasteiger partial charge in [-0.15, -0.1) is 13.2 Å². The van der Waals surface area contributed by atoms with E-state index in [1.54, 1.807) is 0 Å². The van der Waals surface area contributed by atoms with E-state index in [4.69, 9.17) is 0 Å². The number of nitrogens with one attached hydrogen (secondary N) is 2. The Kier molecular flexibility index (Phi) is 7.80. The summed E-state index contributed by atoms with van der Waals surface area (Å²) in [5, 5.41) is 15.2. The molecule has 0 aromatic carbocycles. The molecule has 3 rings (SSSR count). The van der Waals surface area contributed by atoms with Crippen molar-refractivity contribution in [2.45, 2.75) is 82.6 Å². The quantitative estimate of drug-likeness (QED) is 0.377. The number of aliphatic hydroxyl groups is 1. The second-order valence-electron chi connectivity index (χ2n) is 10.4. The lowest BCUT2D eigenvalue weighted by Crippen LogP contribution is -2.54. The van der Waals surface area contributed by atoms with Crippen LogP contribution in [0.15, 0.2) is 0 Å². The van der Waals surface area contributed by atoms with Crippen molar-refractivity contribution in [1.29, 1.82) is 0 Å². The van der Waals surface area contributed by atoms with Gasteiger partial charge in [-0.3, -0.25) is 23.9 Å². The summed E-state index contributed by atoms with van der Waals surface area (Å²) in [7, 11) is 0. The number of nitrogens with zero attached hydrogens (tertiary/aromatic N) is 1. The Balaban J connectivity index is 1.73. The third-order valence-corrected chi connectivity index (χ3v) is 6.78. The minimum Gasteiger partial charge on any atom is -0.383 e. The molecule has 3 N–H and O–H groups in total. The zero-order chi connectivity index (χ0) is 26.2. The van der Waals surface area contributed by atoms with E-state index in [1.165, 1.54) is 13.8 Å². The van der Waals surface area contributed by atoms with Crippen LogP contribution >= 0.6 is 0 Å². The number of carbonyl (C=O) groups excluding carboxylic acids is 4. The van der Waals surface area contributed by atoms with Gasteiger partial charge in [0.05, 0.1) is 6.04 Å². The molecule has 0 bridgehead atoms. The van der Waals surface area contributed by atoms with Gasteiger partial charge in [-0.1, -0.05) is 0 Å². The van der Waals surface area contributed by atoms with E-state index in [1.807, 2.05) is 0 Å². The van der Waals surface area contributed by atoms with Gasteiger partial charge in [-0.25, -0.2) is 4.39 Å². The summed E-state index contributed by atoms with van der Waals surface area (Å²) in [6.07, 6.45) is -5.34. The summed E-state index contributed by atoms with van der Waals surface area (Å²) in [5.41, 5.74) is -2.14. The lowest BCUT2D eigenvalue weighted by molar-refractivity contribution is -0.321. The molecular weight excluding hydrogens is 478 g/mol. The van der Waals surface area contributed by atoms with Gasteiger partial charge in [0.25, 0.3) is 5.91 Å². The Morgan fingerprint density at radius 1 is 1.26 bits per heavy atom. The molecule has 1 saturated carbocycles. The third-order valence-electron chi connectivity index (χ3n) is 6.78. The highest BCUT2D eigenvalue weighted by Crippen LogP contribution is 2.55. The Bertz CT molecular complexity index is 855. The fourth-order valence-corrected chi connectivity index (χ4v) is 4.75. The van der Waals surface area contributed by atoms with Gasteiger partial charge in [-0.2, -0.15) is 0 Å². The number of ether oxygens (including phenoxy) is 1. The standard InChI is InChI=1S/C22H31F4N3O6/c1-20(2,23)9-15(30)19(34)29-11-21(4-5-21)8-14(29)18(33)28-13(7-12-3-6-27-17(12)32)16(31)10-35-22(24,25)26/h12-15,30H,3-11H2,1-2H3,(H,27,32)(H,28,33)/t12-,13?,14-,15?/m0/s1. The normalized spacial score (nSPS) is 25.3. The van der Waals surface area contributed by atoms with Gasteiger partial charge in [-0.05, 0) is 51.4 Å². The first-order chi connectivity index (χ1) is 16.1. The monoisotopic (exact) mass is 509 g/mol. The predicted octanol–water partition coefficient (Wildman–Crippen LogP) is 0.983. The molecule has 13 heteroatoms. The summed E-state index contributed by atoms with van der Waals surface area (Å²) in [5.74, 6) is -3.72.